The zero-order valence-electron chi connectivity index (χ0n) is 11.4. The van der Waals surface area contributed by atoms with Crippen LogP contribution in [0.2, 0.25) is 5.02 Å². The van der Waals surface area contributed by atoms with Crippen molar-refractivity contribution >= 4 is 22.5 Å². The number of aromatic nitrogens is 1. The quantitative estimate of drug-likeness (QED) is 0.852. The molecule has 1 aromatic carbocycles. The highest BCUT2D eigenvalue weighted by atomic mass is 35.5. The summed E-state index contributed by atoms with van der Waals surface area (Å²) >= 11 is 6.26. The summed E-state index contributed by atoms with van der Waals surface area (Å²) in [4.78, 5) is 4.69. The monoisotopic (exact) mass is 278 g/mol. The minimum Gasteiger partial charge on any atom is -0.494 e. The molecular formula is C15H19ClN2O. The van der Waals surface area contributed by atoms with E-state index in [1.807, 2.05) is 12.1 Å². The van der Waals surface area contributed by atoms with Crippen molar-refractivity contribution in [2.45, 2.75) is 26.2 Å². The molecule has 3 nitrogen and oxygen atoms in total. The Bertz CT molecular complexity index is 584. The molecule has 0 saturated heterocycles. The Morgan fingerprint density at radius 3 is 2.79 bits per heavy atom. The fraction of sp³-hybridized carbons (Fsp3) is 0.400. The first-order valence-electron chi connectivity index (χ1n) is 6.50. The van der Waals surface area contributed by atoms with Crippen LogP contribution in [0.25, 0.3) is 10.9 Å². The van der Waals surface area contributed by atoms with E-state index in [1.165, 1.54) is 0 Å². The number of ether oxygens (including phenoxy) is 1. The third kappa shape index (κ3) is 2.99. The second kappa shape index (κ2) is 6.22. The van der Waals surface area contributed by atoms with E-state index >= 15 is 0 Å². The number of hydrogen-bond donors (Lipinski definition) is 1. The molecule has 2 N–H and O–H groups in total. The molecular weight excluding hydrogens is 260 g/mol. The zero-order chi connectivity index (χ0) is 13.8. The Labute approximate surface area is 118 Å². The largest absolute Gasteiger partial charge is 0.494 e. The van der Waals surface area contributed by atoms with Crippen LogP contribution in [0.4, 0.5) is 0 Å². The Morgan fingerprint density at radius 2 is 2.11 bits per heavy atom. The van der Waals surface area contributed by atoms with Crippen LogP contribution < -0.4 is 10.5 Å². The van der Waals surface area contributed by atoms with E-state index in [9.17, 15) is 0 Å². The van der Waals surface area contributed by atoms with Crippen LogP contribution in [0.15, 0.2) is 18.2 Å². The van der Waals surface area contributed by atoms with Crippen molar-refractivity contribution in [2.75, 3.05) is 13.7 Å². The number of aryl methyl sites for hydroxylation is 2. The van der Waals surface area contributed by atoms with Gasteiger partial charge in [0.15, 0.2) is 0 Å². The normalized spacial score (nSPS) is 10.9. The smallest absolute Gasteiger partial charge is 0.145 e. The molecule has 19 heavy (non-hydrogen) atoms. The zero-order valence-corrected chi connectivity index (χ0v) is 12.1. The molecule has 0 aliphatic heterocycles. The first-order valence-corrected chi connectivity index (χ1v) is 6.88. The van der Waals surface area contributed by atoms with Crippen LogP contribution in [0.5, 0.6) is 5.75 Å². The van der Waals surface area contributed by atoms with Crippen LogP contribution >= 0.6 is 11.6 Å². The molecule has 0 fully saturated rings. The summed E-state index contributed by atoms with van der Waals surface area (Å²) in [5.74, 6) is 0.767. The van der Waals surface area contributed by atoms with Gasteiger partial charge >= 0.3 is 0 Å². The van der Waals surface area contributed by atoms with Gasteiger partial charge in [0.1, 0.15) is 11.3 Å². The molecule has 102 valence electrons. The molecule has 0 bridgehead atoms. The van der Waals surface area contributed by atoms with Gasteiger partial charge in [-0.1, -0.05) is 11.6 Å². The average molecular weight is 279 g/mol. The van der Waals surface area contributed by atoms with Crippen molar-refractivity contribution in [3.8, 4) is 5.75 Å². The number of methoxy groups -OCH3 is 1. The summed E-state index contributed by atoms with van der Waals surface area (Å²) < 4.78 is 5.38. The highest BCUT2D eigenvalue weighted by Crippen LogP contribution is 2.32. The SMILES string of the molecule is COc1ccc(Cl)c2c(C)cc(CCCCN)nc12. The number of benzene rings is 1. The van der Waals surface area contributed by atoms with E-state index in [4.69, 9.17) is 22.1 Å². The Balaban J connectivity index is 2.48. The van der Waals surface area contributed by atoms with Gasteiger partial charge in [0.2, 0.25) is 0 Å². The van der Waals surface area contributed by atoms with Crippen molar-refractivity contribution in [3.05, 3.63) is 34.5 Å². The van der Waals surface area contributed by atoms with Crippen molar-refractivity contribution in [1.82, 2.24) is 4.98 Å². The predicted octanol–water partition coefficient (Wildman–Crippen LogP) is 3.49. The van der Waals surface area contributed by atoms with Gasteiger partial charge in [-0.25, -0.2) is 4.98 Å². The van der Waals surface area contributed by atoms with Gasteiger partial charge in [0.25, 0.3) is 0 Å². The second-order valence-electron chi connectivity index (χ2n) is 4.65. The third-order valence-electron chi connectivity index (χ3n) is 3.23. The van der Waals surface area contributed by atoms with Gasteiger partial charge in [0, 0.05) is 11.1 Å². The number of fused-ring (bicyclic) bond motifs is 1. The van der Waals surface area contributed by atoms with E-state index < -0.39 is 0 Å². The van der Waals surface area contributed by atoms with E-state index in [-0.39, 0.29) is 0 Å². The number of halogens is 1. The Morgan fingerprint density at radius 1 is 1.32 bits per heavy atom. The molecule has 0 unspecified atom stereocenters. The van der Waals surface area contributed by atoms with E-state index in [2.05, 4.69) is 18.0 Å². The summed E-state index contributed by atoms with van der Waals surface area (Å²) in [6, 6.07) is 5.82. The van der Waals surface area contributed by atoms with Gasteiger partial charge in [-0.15, -0.1) is 0 Å². The van der Waals surface area contributed by atoms with Crippen LogP contribution in [0.1, 0.15) is 24.1 Å². The summed E-state index contributed by atoms with van der Waals surface area (Å²) in [5, 5.41) is 1.69. The van der Waals surface area contributed by atoms with E-state index in [1.54, 1.807) is 7.11 Å². The van der Waals surface area contributed by atoms with Gasteiger partial charge in [-0.05, 0) is 56.5 Å². The number of nitrogens with two attached hydrogens (primary N) is 1. The van der Waals surface area contributed by atoms with Crippen molar-refractivity contribution < 1.29 is 4.74 Å². The van der Waals surface area contributed by atoms with Gasteiger partial charge in [0.05, 0.1) is 12.1 Å². The molecule has 0 amide bonds. The molecule has 2 rings (SSSR count). The molecule has 0 spiro atoms. The van der Waals surface area contributed by atoms with Crippen molar-refractivity contribution in [3.63, 3.8) is 0 Å². The highest BCUT2D eigenvalue weighted by Gasteiger charge is 2.11. The lowest BCUT2D eigenvalue weighted by atomic mass is 10.1. The first kappa shape index (κ1) is 14.1. The van der Waals surface area contributed by atoms with Crippen molar-refractivity contribution in [1.29, 1.82) is 0 Å². The second-order valence-corrected chi connectivity index (χ2v) is 5.06. The maximum Gasteiger partial charge on any atom is 0.145 e. The van der Waals surface area contributed by atoms with Gasteiger partial charge < -0.3 is 10.5 Å². The lowest BCUT2D eigenvalue weighted by Gasteiger charge is -2.11. The molecule has 1 heterocycles. The number of unbranched alkanes of at least 4 members (excludes halogenated alkanes) is 1. The lowest BCUT2D eigenvalue weighted by Crippen LogP contribution is -2.01. The lowest BCUT2D eigenvalue weighted by molar-refractivity contribution is 0.419. The molecule has 4 heteroatoms. The van der Waals surface area contributed by atoms with Gasteiger partial charge in [-0.3, -0.25) is 0 Å². The minimum absolute atomic E-state index is 0.717. The number of rotatable bonds is 5. The molecule has 2 aromatic rings. The molecule has 1 aromatic heterocycles. The molecule has 0 aliphatic carbocycles. The third-order valence-corrected chi connectivity index (χ3v) is 3.54. The molecule has 0 aliphatic rings. The van der Waals surface area contributed by atoms with Crippen LogP contribution in [0.3, 0.4) is 0 Å². The maximum atomic E-state index is 6.26. The van der Waals surface area contributed by atoms with Crippen LogP contribution in [-0.2, 0) is 6.42 Å². The fourth-order valence-corrected chi connectivity index (χ4v) is 2.58. The summed E-state index contributed by atoms with van der Waals surface area (Å²) in [6.45, 7) is 2.78. The average Bonchev–Trinajstić information content (AvgIpc) is 2.39. The Kier molecular flexibility index (Phi) is 4.61. The predicted molar refractivity (Wildman–Crippen MR) is 80.0 cm³/mol. The standard InChI is InChI=1S/C15H19ClN2O/c1-10-9-11(5-3-4-8-17)18-15-13(19-2)7-6-12(16)14(10)15/h6-7,9H,3-5,8,17H2,1-2H3. The molecule has 0 radical (unpaired) electrons. The van der Waals surface area contributed by atoms with Gasteiger partial charge in [-0.2, -0.15) is 0 Å². The van der Waals surface area contributed by atoms with Crippen LogP contribution in [-0.4, -0.2) is 18.6 Å². The highest BCUT2D eigenvalue weighted by molar-refractivity contribution is 6.35. The summed E-state index contributed by atoms with van der Waals surface area (Å²) in [7, 11) is 1.65. The minimum atomic E-state index is 0.717. The summed E-state index contributed by atoms with van der Waals surface area (Å²) in [6.07, 6.45) is 3.01. The number of pyridine rings is 1. The van der Waals surface area contributed by atoms with Crippen LogP contribution in [0, 0.1) is 6.92 Å². The van der Waals surface area contributed by atoms with Crippen molar-refractivity contribution in [2.24, 2.45) is 5.73 Å². The molecule has 0 atom stereocenters. The topological polar surface area (TPSA) is 48.1 Å². The molecule has 0 saturated carbocycles. The van der Waals surface area contributed by atoms with E-state index in [0.717, 1.165) is 53.7 Å². The number of nitrogens with zero attached hydrogens (tertiary/aromatic N) is 1. The summed E-state index contributed by atoms with van der Waals surface area (Å²) in [5.41, 5.74) is 8.57. The Hall–Kier alpha value is -1.32. The van der Waals surface area contributed by atoms with E-state index in [0.29, 0.717) is 5.02 Å². The first-order chi connectivity index (χ1) is 9.17. The number of hydrogen-bond acceptors (Lipinski definition) is 3. The fourth-order valence-electron chi connectivity index (χ4n) is 2.27. The maximum absolute atomic E-state index is 6.26.